The second-order valence-electron chi connectivity index (χ2n) is 4.81. The Kier molecular flexibility index (Phi) is 5.60. The van der Waals surface area contributed by atoms with E-state index < -0.39 is 7.82 Å². The van der Waals surface area contributed by atoms with Crippen LogP contribution in [0.3, 0.4) is 0 Å². The highest BCUT2D eigenvalue weighted by Crippen LogP contribution is 2.45. The van der Waals surface area contributed by atoms with Crippen LogP contribution in [-0.2, 0) is 9.09 Å². The van der Waals surface area contributed by atoms with Crippen LogP contribution in [0.4, 0.5) is 0 Å². The van der Waals surface area contributed by atoms with Crippen molar-refractivity contribution >= 4 is 7.82 Å². The average molecular weight is 286 g/mol. The molecule has 1 unspecified atom stereocenters. The third-order valence-corrected chi connectivity index (χ3v) is 4.34. The predicted octanol–water partition coefficient (Wildman–Crippen LogP) is 4.22. The Balaban J connectivity index is 2.90. The van der Waals surface area contributed by atoms with E-state index in [2.05, 4.69) is 0 Å². The maximum atomic E-state index is 11.8. The lowest BCUT2D eigenvalue weighted by Gasteiger charge is -2.17. The lowest BCUT2D eigenvalue weighted by Crippen LogP contribution is -2.02. The number of unbranched alkanes of at least 4 members (excludes halogenated alkanes) is 1. The second kappa shape index (κ2) is 6.56. The first kappa shape index (κ1) is 16.2. The van der Waals surface area contributed by atoms with Crippen molar-refractivity contribution in [1.82, 2.24) is 0 Å². The number of hydrogen-bond donors (Lipinski definition) is 1. The highest BCUT2D eigenvalue weighted by molar-refractivity contribution is 7.47. The van der Waals surface area contributed by atoms with Crippen LogP contribution >= 0.6 is 7.82 Å². The third kappa shape index (κ3) is 4.34. The van der Waals surface area contributed by atoms with Crippen LogP contribution in [0.5, 0.6) is 5.75 Å². The molecule has 0 heterocycles. The van der Waals surface area contributed by atoms with Crippen LogP contribution in [0.1, 0.15) is 42.0 Å². The highest BCUT2D eigenvalue weighted by atomic mass is 31.2. The number of phosphoric ester groups is 1. The monoisotopic (exact) mass is 286 g/mol. The molecule has 1 atom stereocenters. The molecule has 5 heteroatoms. The zero-order valence-electron chi connectivity index (χ0n) is 12.3. The molecular weight excluding hydrogens is 263 g/mol. The Morgan fingerprint density at radius 3 is 2.37 bits per heavy atom. The van der Waals surface area contributed by atoms with E-state index in [4.69, 9.17) is 9.05 Å². The van der Waals surface area contributed by atoms with Crippen LogP contribution in [0.15, 0.2) is 6.07 Å². The fourth-order valence-corrected chi connectivity index (χ4v) is 2.60. The molecule has 0 saturated carbocycles. The molecule has 4 nitrogen and oxygen atoms in total. The van der Waals surface area contributed by atoms with E-state index in [0.29, 0.717) is 5.75 Å². The zero-order valence-corrected chi connectivity index (χ0v) is 13.2. The molecule has 1 rings (SSSR count). The largest absolute Gasteiger partial charge is 0.527 e. The van der Waals surface area contributed by atoms with Crippen LogP contribution < -0.4 is 4.52 Å². The molecule has 0 aromatic heterocycles. The van der Waals surface area contributed by atoms with Crippen molar-refractivity contribution in [3.63, 3.8) is 0 Å². The summed E-state index contributed by atoms with van der Waals surface area (Å²) in [7, 11) is -4.03. The molecule has 108 valence electrons. The van der Waals surface area contributed by atoms with Gasteiger partial charge in [0.2, 0.25) is 0 Å². The number of rotatable bonds is 6. The van der Waals surface area contributed by atoms with Gasteiger partial charge in [0.25, 0.3) is 0 Å². The molecule has 19 heavy (non-hydrogen) atoms. The van der Waals surface area contributed by atoms with E-state index in [0.717, 1.165) is 29.5 Å². The summed E-state index contributed by atoms with van der Waals surface area (Å²) in [6.07, 6.45) is 1.64. The van der Waals surface area contributed by atoms with Gasteiger partial charge in [-0.3, -0.25) is 9.42 Å². The molecule has 0 spiro atoms. The van der Waals surface area contributed by atoms with Crippen molar-refractivity contribution in [1.29, 1.82) is 0 Å². The van der Waals surface area contributed by atoms with Crippen molar-refractivity contribution in [3.8, 4) is 5.75 Å². The fraction of sp³-hybridized carbons (Fsp3) is 0.571. The van der Waals surface area contributed by atoms with Gasteiger partial charge in [0.15, 0.2) is 0 Å². The molecule has 1 aromatic rings. The summed E-state index contributed by atoms with van der Waals surface area (Å²) in [4.78, 5) is 9.68. The fourth-order valence-electron chi connectivity index (χ4n) is 1.74. The van der Waals surface area contributed by atoms with Crippen LogP contribution in [0.25, 0.3) is 0 Å². The van der Waals surface area contributed by atoms with Crippen molar-refractivity contribution in [2.45, 2.75) is 47.5 Å². The quantitative estimate of drug-likeness (QED) is 0.628. The number of benzene rings is 1. The molecular formula is C14H23O4P. The number of phosphoric acid groups is 1. The Morgan fingerprint density at radius 2 is 1.79 bits per heavy atom. The lowest BCUT2D eigenvalue weighted by atomic mass is 9.99. The summed E-state index contributed by atoms with van der Waals surface area (Å²) in [6, 6.07) is 1.78. The summed E-state index contributed by atoms with van der Waals surface area (Å²) in [5.74, 6) is 0.419. The molecule has 0 aliphatic heterocycles. The SMILES string of the molecule is CCCCOP(=O)(O)Oc1cc(C)c(C)c(C)c1C. The van der Waals surface area contributed by atoms with Crippen molar-refractivity contribution in [3.05, 3.63) is 28.3 Å². The Bertz CT molecular complexity index is 497. The molecule has 1 aromatic carbocycles. The van der Waals surface area contributed by atoms with Gasteiger partial charge in [0.05, 0.1) is 6.61 Å². The molecule has 0 radical (unpaired) electrons. The predicted molar refractivity (Wildman–Crippen MR) is 76.7 cm³/mol. The normalized spacial score (nSPS) is 14.2. The summed E-state index contributed by atoms with van der Waals surface area (Å²) in [5.41, 5.74) is 4.15. The molecule has 0 aliphatic carbocycles. The van der Waals surface area contributed by atoms with E-state index in [1.165, 1.54) is 5.56 Å². The second-order valence-corrected chi connectivity index (χ2v) is 6.19. The van der Waals surface area contributed by atoms with E-state index in [1.807, 2.05) is 34.6 Å². The van der Waals surface area contributed by atoms with Crippen LogP contribution in [0, 0.1) is 27.7 Å². The van der Waals surface area contributed by atoms with Crippen molar-refractivity contribution in [2.75, 3.05) is 6.61 Å². The van der Waals surface area contributed by atoms with Gasteiger partial charge >= 0.3 is 7.82 Å². The van der Waals surface area contributed by atoms with E-state index >= 15 is 0 Å². The minimum Gasteiger partial charge on any atom is -0.404 e. The van der Waals surface area contributed by atoms with Gasteiger partial charge in [-0.1, -0.05) is 13.3 Å². The standard InChI is InChI=1S/C14H23O4P/c1-6-7-8-17-19(15,16)18-14-9-10(2)11(3)12(4)13(14)5/h9H,6-8H2,1-5H3,(H,15,16). The minimum absolute atomic E-state index is 0.229. The zero-order chi connectivity index (χ0) is 14.6. The van der Waals surface area contributed by atoms with Crippen LogP contribution in [0.2, 0.25) is 0 Å². The van der Waals surface area contributed by atoms with Crippen molar-refractivity contribution in [2.24, 2.45) is 0 Å². The summed E-state index contributed by atoms with van der Waals surface area (Å²) in [6.45, 7) is 10.1. The van der Waals surface area contributed by atoms with E-state index in [9.17, 15) is 9.46 Å². The smallest absolute Gasteiger partial charge is 0.404 e. The van der Waals surface area contributed by atoms with Gasteiger partial charge in [-0.2, -0.15) is 0 Å². The number of hydrogen-bond acceptors (Lipinski definition) is 3. The molecule has 0 fully saturated rings. The maximum absolute atomic E-state index is 11.8. The summed E-state index contributed by atoms with van der Waals surface area (Å²) >= 11 is 0. The molecule has 0 bridgehead atoms. The summed E-state index contributed by atoms with van der Waals surface area (Å²) < 4.78 is 21.9. The Hall–Kier alpha value is -0.830. The first-order valence-electron chi connectivity index (χ1n) is 6.52. The molecule has 0 aliphatic rings. The Labute approximate surface area is 115 Å². The van der Waals surface area contributed by atoms with Crippen LogP contribution in [-0.4, -0.2) is 11.5 Å². The van der Waals surface area contributed by atoms with Gasteiger partial charge in [0.1, 0.15) is 5.75 Å². The first-order valence-corrected chi connectivity index (χ1v) is 8.02. The van der Waals surface area contributed by atoms with Gasteiger partial charge < -0.3 is 4.52 Å². The highest BCUT2D eigenvalue weighted by Gasteiger charge is 2.24. The topological polar surface area (TPSA) is 55.8 Å². The number of aryl methyl sites for hydroxylation is 1. The average Bonchev–Trinajstić information content (AvgIpc) is 2.33. The lowest BCUT2D eigenvalue weighted by molar-refractivity contribution is 0.200. The third-order valence-electron chi connectivity index (χ3n) is 3.40. The van der Waals surface area contributed by atoms with Gasteiger partial charge in [0, 0.05) is 0 Å². The van der Waals surface area contributed by atoms with Gasteiger partial charge in [-0.25, -0.2) is 4.57 Å². The summed E-state index contributed by atoms with van der Waals surface area (Å²) in [5, 5.41) is 0. The maximum Gasteiger partial charge on any atom is 0.527 e. The Morgan fingerprint density at radius 1 is 1.16 bits per heavy atom. The molecule has 0 amide bonds. The molecule has 1 N–H and O–H groups in total. The van der Waals surface area contributed by atoms with E-state index in [-0.39, 0.29) is 6.61 Å². The first-order chi connectivity index (χ1) is 8.78. The minimum atomic E-state index is -4.03. The van der Waals surface area contributed by atoms with Crippen molar-refractivity contribution < 1.29 is 18.5 Å². The van der Waals surface area contributed by atoms with Gasteiger partial charge in [-0.05, 0) is 62.4 Å². The van der Waals surface area contributed by atoms with E-state index in [1.54, 1.807) is 6.07 Å². The molecule has 0 saturated heterocycles. The van der Waals surface area contributed by atoms with Gasteiger partial charge in [-0.15, -0.1) is 0 Å².